The predicted molar refractivity (Wildman–Crippen MR) is 90.4 cm³/mol. The number of benzene rings is 1. The van der Waals surface area contributed by atoms with Crippen molar-refractivity contribution in [2.75, 3.05) is 17.7 Å². The van der Waals surface area contributed by atoms with Gasteiger partial charge in [-0.2, -0.15) is 0 Å². The van der Waals surface area contributed by atoms with Crippen molar-refractivity contribution in [1.29, 1.82) is 0 Å². The van der Waals surface area contributed by atoms with Crippen LogP contribution < -0.4 is 10.6 Å². The number of amides is 1. The van der Waals surface area contributed by atoms with Crippen molar-refractivity contribution in [2.24, 2.45) is 0 Å². The number of aromatic nitrogens is 2. The average Bonchev–Trinajstić information content (AvgIpc) is 3.20. The summed E-state index contributed by atoms with van der Waals surface area (Å²) in [4.78, 5) is 22.8. The molecule has 0 fully saturated rings. The Morgan fingerprint density at radius 2 is 2.04 bits per heavy atom. The largest absolute Gasteiger partial charge is 0.463 e. The topological polar surface area (TPSA) is 85.2 Å². The molecule has 1 amide bonds. The Balaban J connectivity index is 1.84. The van der Waals surface area contributed by atoms with Crippen LogP contribution in [0.5, 0.6) is 0 Å². The number of furan rings is 1. The lowest BCUT2D eigenvalue weighted by Crippen LogP contribution is -2.25. The minimum absolute atomic E-state index is 0.0479. The maximum Gasteiger partial charge on any atom is 0.236 e. The molecular formula is C18H15FN4O2. The third-order valence-electron chi connectivity index (χ3n) is 4.36. The first-order valence-corrected chi connectivity index (χ1v) is 7.78. The molecule has 7 heteroatoms. The predicted octanol–water partition coefficient (Wildman–Crippen LogP) is 2.76. The van der Waals surface area contributed by atoms with Crippen LogP contribution >= 0.6 is 0 Å². The molecule has 1 aliphatic heterocycles. The summed E-state index contributed by atoms with van der Waals surface area (Å²) < 4.78 is 19.4. The zero-order valence-electron chi connectivity index (χ0n) is 13.4. The third kappa shape index (κ3) is 2.44. The summed E-state index contributed by atoms with van der Waals surface area (Å²) in [6, 6.07) is 9.87. The van der Waals surface area contributed by atoms with Crippen LogP contribution in [0.3, 0.4) is 0 Å². The summed E-state index contributed by atoms with van der Waals surface area (Å²) in [6.45, 7) is 0. The third-order valence-corrected chi connectivity index (χ3v) is 4.36. The van der Waals surface area contributed by atoms with Gasteiger partial charge in [-0.15, -0.1) is 0 Å². The quantitative estimate of drug-likeness (QED) is 0.794. The maximum absolute atomic E-state index is 14.0. The second kappa shape index (κ2) is 5.70. The Hall–Kier alpha value is -3.22. The molecule has 2 aromatic heterocycles. The van der Waals surface area contributed by atoms with Crippen LogP contribution in [-0.2, 0) is 11.2 Å². The first-order chi connectivity index (χ1) is 12.1. The van der Waals surface area contributed by atoms with Crippen LogP contribution in [0, 0.1) is 5.82 Å². The number of nitrogens with zero attached hydrogens (tertiary/aromatic N) is 3. The molecule has 126 valence electrons. The van der Waals surface area contributed by atoms with Gasteiger partial charge in [0.05, 0.1) is 23.6 Å². The zero-order valence-corrected chi connectivity index (χ0v) is 13.4. The number of halogens is 1. The van der Waals surface area contributed by atoms with E-state index < -0.39 is 5.92 Å². The first kappa shape index (κ1) is 15.3. The van der Waals surface area contributed by atoms with Gasteiger partial charge in [-0.25, -0.2) is 14.4 Å². The Labute approximate surface area is 143 Å². The van der Waals surface area contributed by atoms with E-state index >= 15 is 0 Å². The highest BCUT2D eigenvalue weighted by Crippen LogP contribution is 2.43. The first-order valence-electron chi connectivity index (χ1n) is 7.78. The fourth-order valence-corrected chi connectivity index (χ4v) is 3.18. The molecule has 0 aliphatic carbocycles. The lowest BCUT2D eigenvalue weighted by Gasteiger charge is -2.12. The molecule has 1 aliphatic rings. The van der Waals surface area contributed by atoms with Crippen molar-refractivity contribution >= 4 is 17.5 Å². The van der Waals surface area contributed by atoms with E-state index in [1.165, 1.54) is 17.2 Å². The van der Waals surface area contributed by atoms with E-state index in [0.29, 0.717) is 28.4 Å². The second-order valence-corrected chi connectivity index (χ2v) is 5.89. The van der Waals surface area contributed by atoms with E-state index in [1.807, 2.05) is 0 Å². The number of anilines is 2. The van der Waals surface area contributed by atoms with Crippen LogP contribution in [-0.4, -0.2) is 22.9 Å². The lowest BCUT2D eigenvalue weighted by molar-refractivity contribution is -0.119. The van der Waals surface area contributed by atoms with Crippen molar-refractivity contribution < 1.29 is 13.6 Å². The van der Waals surface area contributed by atoms with Crippen LogP contribution in [0.25, 0.3) is 11.5 Å². The molecule has 1 aromatic carbocycles. The number of hydrogen-bond acceptors (Lipinski definition) is 5. The smallest absolute Gasteiger partial charge is 0.236 e. The number of carbonyl (C=O) groups excluding carboxylic acids is 1. The Morgan fingerprint density at radius 3 is 2.76 bits per heavy atom. The molecule has 2 N–H and O–H groups in total. The zero-order chi connectivity index (χ0) is 17.6. The Kier molecular flexibility index (Phi) is 3.49. The number of nitrogen functional groups attached to an aromatic ring is 1. The summed E-state index contributed by atoms with van der Waals surface area (Å²) in [7, 11) is 1.65. The second-order valence-electron chi connectivity index (χ2n) is 5.89. The molecule has 3 aromatic rings. The summed E-state index contributed by atoms with van der Waals surface area (Å²) in [5, 5.41) is 0. The molecule has 4 rings (SSSR count). The summed E-state index contributed by atoms with van der Waals surface area (Å²) >= 11 is 0. The van der Waals surface area contributed by atoms with Crippen LogP contribution in [0.2, 0.25) is 0 Å². The fourth-order valence-electron chi connectivity index (χ4n) is 3.18. The Bertz CT molecular complexity index is 956. The van der Waals surface area contributed by atoms with E-state index in [0.717, 1.165) is 0 Å². The number of likely N-dealkylation sites (N-methyl/N-ethyl adjacent to an activating group) is 1. The lowest BCUT2D eigenvalue weighted by atomic mass is 9.96. The van der Waals surface area contributed by atoms with Crippen molar-refractivity contribution in [3.63, 3.8) is 0 Å². The van der Waals surface area contributed by atoms with Gasteiger partial charge < -0.3 is 15.1 Å². The van der Waals surface area contributed by atoms with Gasteiger partial charge in [0.25, 0.3) is 0 Å². The van der Waals surface area contributed by atoms with E-state index in [9.17, 15) is 9.18 Å². The van der Waals surface area contributed by atoms with Gasteiger partial charge in [-0.1, -0.05) is 18.2 Å². The van der Waals surface area contributed by atoms with Gasteiger partial charge in [-0.05, 0) is 30.2 Å². The van der Waals surface area contributed by atoms with Crippen molar-refractivity contribution in [1.82, 2.24) is 9.97 Å². The van der Waals surface area contributed by atoms with E-state index in [-0.39, 0.29) is 24.1 Å². The summed E-state index contributed by atoms with van der Waals surface area (Å²) in [5.41, 5.74) is 7.81. The van der Waals surface area contributed by atoms with Gasteiger partial charge >= 0.3 is 0 Å². The fraction of sp³-hybridized carbons (Fsp3) is 0.167. The van der Waals surface area contributed by atoms with E-state index in [1.54, 1.807) is 37.4 Å². The monoisotopic (exact) mass is 338 g/mol. The normalized spacial score (nSPS) is 16.3. The van der Waals surface area contributed by atoms with Gasteiger partial charge in [-0.3, -0.25) is 4.79 Å². The molecule has 6 nitrogen and oxygen atoms in total. The Morgan fingerprint density at radius 1 is 1.24 bits per heavy atom. The van der Waals surface area contributed by atoms with E-state index in [4.69, 9.17) is 10.2 Å². The van der Waals surface area contributed by atoms with Crippen LogP contribution in [0.15, 0.2) is 47.1 Å². The highest BCUT2D eigenvalue weighted by Gasteiger charge is 2.40. The molecule has 0 bridgehead atoms. The van der Waals surface area contributed by atoms with Crippen molar-refractivity contribution in [3.05, 3.63) is 59.7 Å². The minimum Gasteiger partial charge on any atom is -0.463 e. The highest BCUT2D eigenvalue weighted by molar-refractivity contribution is 6.07. The van der Waals surface area contributed by atoms with Crippen molar-refractivity contribution in [3.8, 4) is 11.5 Å². The van der Waals surface area contributed by atoms with Crippen molar-refractivity contribution in [2.45, 2.75) is 12.3 Å². The summed E-state index contributed by atoms with van der Waals surface area (Å²) in [6.07, 6.45) is 1.73. The molecule has 0 radical (unpaired) electrons. The molecule has 0 spiro atoms. The van der Waals surface area contributed by atoms with Gasteiger partial charge in [0, 0.05) is 7.05 Å². The number of rotatable bonds is 3. The average molecular weight is 338 g/mol. The molecule has 1 unspecified atom stereocenters. The number of fused-ring (bicyclic) bond motifs is 1. The van der Waals surface area contributed by atoms with Gasteiger partial charge in [0.2, 0.25) is 11.9 Å². The summed E-state index contributed by atoms with van der Waals surface area (Å²) in [5.74, 6) is -0.593. The van der Waals surface area contributed by atoms with E-state index in [2.05, 4.69) is 9.97 Å². The number of carbonyl (C=O) groups is 1. The van der Waals surface area contributed by atoms with Gasteiger partial charge in [0.15, 0.2) is 5.76 Å². The number of hydrogen-bond donors (Lipinski definition) is 1. The maximum atomic E-state index is 14.0. The molecule has 3 heterocycles. The molecule has 0 saturated carbocycles. The number of nitrogens with two attached hydrogens (primary N) is 1. The minimum atomic E-state index is -0.615. The standard InChI is InChI=1S/C18H15FN4O2/c1-23-16-14(21-18(20)22-15(16)13-7-4-8-25-13)11(17(23)24)9-10-5-2-3-6-12(10)19/h2-8,11H,9H2,1H3,(H2,20,21,22). The molecular weight excluding hydrogens is 323 g/mol. The molecule has 25 heavy (non-hydrogen) atoms. The highest BCUT2D eigenvalue weighted by atomic mass is 19.1. The molecule has 0 saturated heterocycles. The van der Waals surface area contributed by atoms with Crippen LogP contribution in [0.1, 0.15) is 17.2 Å². The SMILES string of the molecule is CN1C(=O)C(Cc2ccccc2F)c2nc(N)nc(-c3ccco3)c21. The molecule has 1 atom stereocenters. The van der Waals surface area contributed by atoms with Gasteiger partial charge in [0.1, 0.15) is 11.5 Å². The van der Waals surface area contributed by atoms with Crippen LogP contribution in [0.4, 0.5) is 16.0 Å².